The number of rotatable bonds is 2. The van der Waals surface area contributed by atoms with E-state index in [-0.39, 0.29) is 5.82 Å². The number of anilines is 3. The van der Waals surface area contributed by atoms with Crippen LogP contribution in [0.3, 0.4) is 0 Å². The SMILES string of the molecule is Cc1ccc(Nc2c(N)ccc(Cl)c2C)cc1F. The van der Waals surface area contributed by atoms with Crippen LogP contribution in [0.15, 0.2) is 30.3 Å². The van der Waals surface area contributed by atoms with Crippen LogP contribution in [0.25, 0.3) is 0 Å². The molecule has 0 aliphatic rings. The van der Waals surface area contributed by atoms with E-state index in [1.807, 2.05) is 6.92 Å². The highest BCUT2D eigenvalue weighted by Crippen LogP contribution is 2.32. The summed E-state index contributed by atoms with van der Waals surface area (Å²) >= 11 is 6.04. The van der Waals surface area contributed by atoms with Gasteiger partial charge >= 0.3 is 0 Å². The summed E-state index contributed by atoms with van der Waals surface area (Å²) in [6, 6.07) is 8.43. The fraction of sp³-hybridized carbons (Fsp3) is 0.143. The number of nitrogens with two attached hydrogens (primary N) is 1. The van der Waals surface area contributed by atoms with Crippen molar-refractivity contribution in [2.24, 2.45) is 0 Å². The van der Waals surface area contributed by atoms with Crippen LogP contribution in [-0.2, 0) is 0 Å². The van der Waals surface area contributed by atoms with Crippen molar-refractivity contribution < 1.29 is 4.39 Å². The summed E-state index contributed by atoms with van der Waals surface area (Å²) in [5.74, 6) is -0.252. The molecule has 2 nitrogen and oxygen atoms in total. The number of benzene rings is 2. The summed E-state index contributed by atoms with van der Waals surface area (Å²) in [5, 5.41) is 3.72. The zero-order valence-corrected chi connectivity index (χ0v) is 11.0. The van der Waals surface area contributed by atoms with E-state index in [1.54, 1.807) is 31.2 Å². The van der Waals surface area contributed by atoms with Crippen molar-refractivity contribution in [3.05, 3.63) is 52.3 Å². The Morgan fingerprint density at radius 3 is 2.56 bits per heavy atom. The van der Waals surface area contributed by atoms with Gasteiger partial charge in [-0.05, 0) is 49.2 Å². The van der Waals surface area contributed by atoms with E-state index in [2.05, 4.69) is 5.32 Å². The molecule has 0 spiro atoms. The number of aryl methyl sites for hydroxylation is 1. The van der Waals surface area contributed by atoms with Crippen LogP contribution >= 0.6 is 11.6 Å². The molecule has 0 radical (unpaired) electrons. The Morgan fingerprint density at radius 1 is 1.17 bits per heavy atom. The van der Waals surface area contributed by atoms with E-state index in [4.69, 9.17) is 17.3 Å². The highest BCUT2D eigenvalue weighted by atomic mass is 35.5. The van der Waals surface area contributed by atoms with Gasteiger partial charge in [-0.1, -0.05) is 17.7 Å². The molecule has 0 aliphatic heterocycles. The molecule has 0 amide bonds. The lowest BCUT2D eigenvalue weighted by Crippen LogP contribution is -2.00. The van der Waals surface area contributed by atoms with E-state index >= 15 is 0 Å². The van der Waals surface area contributed by atoms with E-state index in [0.717, 1.165) is 5.56 Å². The van der Waals surface area contributed by atoms with Gasteiger partial charge in [-0.2, -0.15) is 0 Å². The van der Waals surface area contributed by atoms with Crippen LogP contribution in [0.4, 0.5) is 21.5 Å². The summed E-state index contributed by atoms with van der Waals surface area (Å²) in [4.78, 5) is 0. The van der Waals surface area contributed by atoms with Gasteiger partial charge in [0, 0.05) is 10.7 Å². The van der Waals surface area contributed by atoms with Crippen molar-refractivity contribution in [3.8, 4) is 0 Å². The van der Waals surface area contributed by atoms with Crippen LogP contribution in [-0.4, -0.2) is 0 Å². The number of halogens is 2. The molecule has 0 heterocycles. The Labute approximate surface area is 111 Å². The van der Waals surface area contributed by atoms with Crippen LogP contribution < -0.4 is 11.1 Å². The maximum Gasteiger partial charge on any atom is 0.128 e. The maximum atomic E-state index is 13.5. The highest BCUT2D eigenvalue weighted by molar-refractivity contribution is 6.32. The number of nitrogens with one attached hydrogen (secondary N) is 1. The lowest BCUT2D eigenvalue weighted by molar-refractivity contribution is 0.619. The average Bonchev–Trinajstić information content (AvgIpc) is 2.34. The smallest absolute Gasteiger partial charge is 0.128 e. The molecule has 0 fully saturated rings. The molecule has 4 heteroatoms. The van der Waals surface area contributed by atoms with Crippen LogP contribution in [0, 0.1) is 19.7 Å². The first-order valence-electron chi connectivity index (χ1n) is 5.57. The van der Waals surface area contributed by atoms with Crippen LogP contribution in [0.5, 0.6) is 0 Å². The summed E-state index contributed by atoms with van der Waals surface area (Å²) in [6.45, 7) is 3.59. The second-order valence-corrected chi connectivity index (χ2v) is 4.63. The van der Waals surface area contributed by atoms with E-state index in [1.165, 1.54) is 6.07 Å². The monoisotopic (exact) mass is 264 g/mol. The van der Waals surface area contributed by atoms with Gasteiger partial charge in [0.25, 0.3) is 0 Å². The lowest BCUT2D eigenvalue weighted by atomic mass is 10.1. The summed E-state index contributed by atoms with van der Waals surface area (Å²) in [6.07, 6.45) is 0. The third kappa shape index (κ3) is 2.41. The van der Waals surface area contributed by atoms with Gasteiger partial charge in [-0.25, -0.2) is 4.39 Å². The minimum absolute atomic E-state index is 0.252. The molecule has 0 bridgehead atoms. The molecule has 2 aromatic carbocycles. The Bertz CT molecular complexity index is 597. The van der Waals surface area contributed by atoms with Gasteiger partial charge in [0.1, 0.15) is 5.82 Å². The van der Waals surface area contributed by atoms with E-state index in [9.17, 15) is 4.39 Å². The van der Waals surface area contributed by atoms with Crippen molar-refractivity contribution in [2.45, 2.75) is 13.8 Å². The van der Waals surface area contributed by atoms with Gasteiger partial charge in [-0.3, -0.25) is 0 Å². The predicted molar refractivity (Wildman–Crippen MR) is 75.0 cm³/mol. The van der Waals surface area contributed by atoms with Crippen molar-refractivity contribution in [1.82, 2.24) is 0 Å². The first kappa shape index (κ1) is 12.7. The molecule has 18 heavy (non-hydrogen) atoms. The highest BCUT2D eigenvalue weighted by Gasteiger charge is 2.08. The van der Waals surface area contributed by atoms with Crippen molar-refractivity contribution in [2.75, 3.05) is 11.1 Å². The number of hydrogen-bond donors (Lipinski definition) is 2. The molecule has 0 unspecified atom stereocenters. The zero-order chi connectivity index (χ0) is 13.3. The van der Waals surface area contributed by atoms with Crippen LogP contribution in [0.1, 0.15) is 11.1 Å². The topological polar surface area (TPSA) is 38.0 Å². The molecule has 0 saturated carbocycles. The van der Waals surface area contributed by atoms with Crippen molar-refractivity contribution in [1.29, 1.82) is 0 Å². The van der Waals surface area contributed by atoms with Gasteiger partial charge in [0.15, 0.2) is 0 Å². The summed E-state index contributed by atoms with van der Waals surface area (Å²) < 4.78 is 13.5. The average molecular weight is 265 g/mol. The minimum Gasteiger partial charge on any atom is -0.397 e. The quantitative estimate of drug-likeness (QED) is 0.788. The van der Waals surface area contributed by atoms with Gasteiger partial charge < -0.3 is 11.1 Å². The third-order valence-electron chi connectivity index (χ3n) is 2.87. The van der Waals surface area contributed by atoms with Gasteiger partial charge in [0.05, 0.1) is 11.4 Å². The summed E-state index contributed by atoms with van der Waals surface area (Å²) in [7, 11) is 0. The Kier molecular flexibility index (Phi) is 3.43. The molecule has 0 aromatic heterocycles. The van der Waals surface area contributed by atoms with Gasteiger partial charge in [0.2, 0.25) is 0 Å². The maximum absolute atomic E-state index is 13.5. The number of nitrogen functional groups attached to an aromatic ring is 1. The molecular weight excluding hydrogens is 251 g/mol. The molecule has 0 aliphatic carbocycles. The molecule has 2 rings (SSSR count). The molecule has 0 saturated heterocycles. The third-order valence-corrected chi connectivity index (χ3v) is 3.28. The Hall–Kier alpha value is -1.74. The van der Waals surface area contributed by atoms with E-state index < -0.39 is 0 Å². The molecular formula is C14H14ClFN2. The minimum atomic E-state index is -0.252. The van der Waals surface area contributed by atoms with E-state index in [0.29, 0.717) is 27.6 Å². The number of hydrogen-bond acceptors (Lipinski definition) is 2. The normalized spacial score (nSPS) is 10.4. The van der Waals surface area contributed by atoms with Gasteiger partial charge in [-0.15, -0.1) is 0 Å². The fourth-order valence-electron chi connectivity index (χ4n) is 1.69. The Balaban J connectivity index is 2.39. The predicted octanol–water partition coefficient (Wildman–Crippen LogP) is 4.42. The van der Waals surface area contributed by atoms with Crippen LogP contribution in [0.2, 0.25) is 5.02 Å². The second-order valence-electron chi connectivity index (χ2n) is 4.23. The Morgan fingerprint density at radius 2 is 1.89 bits per heavy atom. The van der Waals surface area contributed by atoms with Crippen molar-refractivity contribution in [3.63, 3.8) is 0 Å². The molecule has 0 atom stereocenters. The first-order chi connectivity index (χ1) is 8.49. The first-order valence-corrected chi connectivity index (χ1v) is 5.94. The molecule has 3 N–H and O–H groups in total. The van der Waals surface area contributed by atoms with Crippen molar-refractivity contribution >= 4 is 28.7 Å². The zero-order valence-electron chi connectivity index (χ0n) is 10.2. The molecule has 94 valence electrons. The fourth-order valence-corrected chi connectivity index (χ4v) is 1.85. The lowest BCUT2D eigenvalue weighted by Gasteiger charge is -2.14. The largest absolute Gasteiger partial charge is 0.397 e. The molecule has 2 aromatic rings. The summed E-state index contributed by atoms with van der Waals surface area (Å²) in [5.41, 5.74) is 9.29. The standard InChI is InChI=1S/C14H14ClFN2/c1-8-3-4-10(7-12(8)16)18-14-9(2)11(15)5-6-13(14)17/h3-7,18H,17H2,1-2H3. The second kappa shape index (κ2) is 4.86.